The van der Waals surface area contributed by atoms with Crippen molar-refractivity contribution in [3.8, 4) is 0 Å². The molecule has 2 unspecified atom stereocenters. The maximum atomic E-state index is 12.7. The summed E-state index contributed by atoms with van der Waals surface area (Å²) < 4.78 is 0. The summed E-state index contributed by atoms with van der Waals surface area (Å²) in [6.07, 6.45) is -0.170. The third kappa shape index (κ3) is 4.46. The fourth-order valence-electron chi connectivity index (χ4n) is 3.19. The number of para-hydroxylation sites is 1. The van der Waals surface area contributed by atoms with Crippen LogP contribution < -0.4 is 10.2 Å². The lowest BCUT2D eigenvalue weighted by atomic mass is 10.0. The molecule has 1 fully saturated rings. The van der Waals surface area contributed by atoms with Crippen molar-refractivity contribution in [1.82, 2.24) is 5.32 Å². The van der Waals surface area contributed by atoms with Gasteiger partial charge in [0, 0.05) is 13.0 Å². The molecular formula is C20H19ClN2O4. The van der Waals surface area contributed by atoms with Gasteiger partial charge in [0.05, 0.1) is 29.1 Å². The van der Waals surface area contributed by atoms with Crippen molar-refractivity contribution in [3.05, 3.63) is 65.2 Å². The Kier molecular flexibility index (Phi) is 5.76. The van der Waals surface area contributed by atoms with Gasteiger partial charge in [-0.1, -0.05) is 54.1 Å². The summed E-state index contributed by atoms with van der Waals surface area (Å²) in [7, 11) is 0. The van der Waals surface area contributed by atoms with Gasteiger partial charge in [0.2, 0.25) is 11.8 Å². The van der Waals surface area contributed by atoms with Crippen molar-refractivity contribution in [1.29, 1.82) is 0 Å². The maximum Gasteiger partial charge on any atom is 0.305 e. The predicted octanol–water partition coefficient (Wildman–Crippen LogP) is 3.03. The summed E-state index contributed by atoms with van der Waals surface area (Å²) in [5, 5.41) is 12.4. The first-order valence-electron chi connectivity index (χ1n) is 8.57. The molecule has 2 amide bonds. The highest BCUT2D eigenvalue weighted by atomic mass is 35.5. The minimum Gasteiger partial charge on any atom is -0.481 e. The van der Waals surface area contributed by atoms with Crippen LogP contribution in [-0.2, 0) is 14.4 Å². The third-order valence-corrected chi connectivity index (χ3v) is 4.86. The van der Waals surface area contributed by atoms with E-state index in [9.17, 15) is 14.4 Å². The molecule has 3 rings (SSSR count). The molecule has 1 aliphatic heterocycles. The van der Waals surface area contributed by atoms with Gasteiger partial charge in [0.25, 0.3) is 0 Å². The molecule has 1 heterocycles. The number of halogens is 1. The lowest BCUT2D eigenvalue weighted by Crippen LogP contribution is -2.36. The largest absolute Gasteiger partial charge is 0.481 e. The van der Waals surface area contributed by atoms with Gasteiger partial charge in [0.15, 0.2) is 0 Å². The summed E-state index contributed by atoms with van der Waals surface area (Å²) in [5.41, 5.74) is 1.28. The molecule has 1 aliphatic rings. The number of hydrogen-bond acceptors (Lipinski definition) is 3. The fraction of sp³-hybridized carbons (Fsp3) is 0.250. The number of carboxylic acid groups (broad SMARTS) is 1. The molecule has 6 nitrogen and oxygen atoms in total. The van der Waals surface area contributed by atoms with Gasteiger partial charge < -0.3 is 15.3 Å². The summed E-state index contributed by atoms with van der Waals surface area (Å²) in [4.78, 5) is 37.8. The van der Waals surface area contributed by atoms with Crippen LogP contribution in [0.1, 0.15) is 24.4 Å². The number of benzene rings is 2. The van der Waals surface area contributed by atoms with E-state index in [-0.39, 0.29) is 31.2 Å². The molecule has 0 radical (unpaired) electrons. The zero-order valence-electron chi connectivity index (χ0n) is 14.5. The van der Waals surface area contributed by atoms with Crippen LogP contribution in [-0.4, -0.2) is 29.4 Å². The van der Waals surface area contributed by atoms with Crippen LogP contribution in [0.15, 0.2) is 54.6 Å². The number of amides is 2. The molecule has 27 heavy (non-hydrogen) atoms. The van der Waals surface area contributed by atoms with Crippen molar-refractivity contribution in [2.75, 3.05) is 11.4 Å². The number of nitrogens with one attached hydrogen (secondary N) is 1. The first kappa shape index (κ1) is 18.9. The van der Waals surface area contributed by atoms with Gasteiger partial charge in [0.1, 0.15) is 0 Å². The minimum atomic E-state index is -1.01. The van der Waals surface area contributed by atoms with Gasteiger partial charge in [-0.15, -0.1) is 0 Å². The standard InChI is InChI=1S/C20H19ClN2O4/c21-15-8-4-5-9-17(15)23-12-14(10-18(23)24)20(27)22-16(11-19(25)26)13-6-2-1-3-7-13/h1-9,14,16H,10-12H2,(H,22,27)(H,25,26). The number of aliphatic carboxylic acids is 1. The van der Waals surface area contributed by atoms with Gasteiger partial charge in [-0.05, 0) is 17.7 Å². The van der Waals surface area contributed by atoms with E-state index in [1.165, 1.54) is 4.90 Å². The summed E-state index contributed by atoms with van der Waals surface area (Å²) in [5.74, 6) is -2.09. The Morgan fingerprint density at radius 3 is 2.48 bits per heavy atom. The average Bonchev–Trinajstić information content (AvgIpc) is 3.03. The highest BCUT2D eigenvalue weighted by molar-refractivity contribution is 6.33. The molecule has 2 aromatic rings. The average molecular weight is 387 g/mol. The normalized spacial score (nSPS) is 17.6. The first-order valence-corrected chi connectivity index (χ1v) is 8.95. The van der Waals surface area contributed by atoms with Crippen molar-refractivity contribution in [3.63, 3.8) is 0 Å². The van der Waals surface area contributed by atoms with Crippen LogP contribution in [0.5, 0.6) is 0 Å². The van der Waals surface area contributed by atoms with Gasteiger partial charge in [-0.25, -0.2) is 0 Å². The lowest BCUT2D eigenvalue weighted by Gasteiger charge is -2.21. The minimum absolute atomic E-state index is 0.0611. The van der Waals surface area contributed by atoms with E-state index in [0.717, 1.165) is 0 Å². The van der Waals surface area contributed by atoms with E-state index in [1.54, 1.807) is 48.5 Å². The molecule has 1 saturated heterocycles. The number of anilines is 1. The zero-order valence-corrected chi connectivity index (χ0v) is 15.2. The van der Waals surface area contributed by atoms with E-state index in [0.29, 0.717) is 16.3 Å². The van der Waals surface area contributed by atoms with Gasteiger partial charge in [-0.2, -0.15) is 0 Å². The van der Waals surface area contributed by atoms with E-state index in [1.807, 2.05) is 6.07 Å². The van der Waals surface area contributed by atoms with Crippen LogP contribution in [0.25, 0.3) is 0 Å². The lowest BCUT2D eigenvalue weighted by molar-refractivity contribution is -0.138. The molecule has 0 aliphatic carbocycles. The Balaban J connectivity index is 1.73. The number of hydrogen-bond donors (Lipinski definition) is 2. The smallest absolute Gasteiger partial charge is 0.305 e. The highest BCUT2D eigenvalue weighted by Crippen LogP contribution is 2.31. The quantitative estimate of drug-likeness (QED) is 0.798. The fourth-order valence-corrected chi connectivity index (χ4v) is 3.43. The Morgan fingerprint density at radius 1 is 1.15 bits per heavy atom. The molecule has 2 aromatic carbocycles. The highest BCUT2D eigenvalue weighted by Gasteiger charge is 2.36. The topological polar surface area (TPSA) is 86.7 Å². The van der Waals surface area contributed by atoms with Gasteiger partial charge in [-0.3, -0.25) is 14.4 Å². The van der Waals surface area contributed by atoms with Crippen LogP contribution in [0.2, 0.25) is 5.02 Å². The zero-order chi connectivity index (χ0) is 19.4. The first-order chi connectivity index (χ1) is 13.0. The Morgan fingerprint density at radius 2 is 1.81 bits per heavy atom. The van der Waals surface area contributed by atoms with E-state index < -0.39 is 17.9 Å². The van der Waals surface area contributed by atoms with Crippen molar-refractivity contribution >= 4 is 35.1 Å². The number of carbonyl (C=O) groups excluding carboxylic acids is 2. The number of rotatable bonds is 6. The van der Waals surface area contributed by atoms with E-state index in [2.05, 4.69) is 5.32 Å². The number of carboxylic acids is 1. The van der Waals surface area contributed by atoms with Crippen molar-refractivity contribution in [2.45, 2.75) is 18.9 Å². The number of carbonyl (C=O) groups is 3. The van der Waals surface area contributed by atoms with Crippen LogP contribution in [0.4, 0.5) is 5.69 Å². The molecule has 140 valence electrons. The Hall–Kier alpha value is -2.86. The summed E-state index contributed by atoms with van der Waals surface area (Å²) in [6, 6.07) is 15.2. The Bertz CT molecular complexity index is 856. The molecule has 0 aromatic heterocycles. The maximum absolute atomic E-state index is 12.7. The second-order valence-corrected chi connectivity index (χ2v) is 6.83. The molecule has 7 heteroatoms. The Labute approximate surface area is 161 Å². The molecule has 0 spiro atoms. The monoisotopic (exact) mass is 386 g/mol. The molecule has 2 N–H and O–H groups in total. The SMILES string of the molecule is O=C(O)CC(NC(=O)C1CC(=O)N(c2ccccc2Cl)C1)c1ccccc1. The van der Waals surface area contributed by atoms with Crippen LogP contribution >= 0.6 is 11.6 Å². The van der Waals surface area contributed by atoms with Crippen molar-refractivity contribution in [2.24, 2.45) is 5.92 Å². The second-order valence-electron chi connectivity index (χ2n) is 6.43. The van der Waals surface area contributed by atoms with E-state index in [4.69, 9.17) is 16.7 Å². The van der Waals surface area contributed by atoms with Crippen molar-refractivity contribution < 1.29 is 19.5 Å². The van der Waals surface area contributed by atoms with Gasteiger partial charge >= 0.3 is 5.97 Å². The molecule has 2 atom stereocenters. The summed E-state index contributed by atoms with van der Waals surface area (Å²) >= 11 is 6.16. The van der Waals surface area contributed by atoms with E-state index >= 15 is 0 Å². The summed E-state index contributed by atoms with van der Waals surface area (Å²) in [6.45, 7) is 0.211. The number of nitrogens with zero attached hydrogens (tertiary/aromatic N) is 1. The molecular weight excluding hydrogens is 368 g/mol. The molecule has 0 bridgehead atoms. The third-order valence-electron chi connectivity index (χ3n) is 4.54. The van der Waals surface area contributed by atoms with Crippen LogP contribution in [0, 0.1) is 5.92 Å². The molecule has 0 saturated carbocycles. The second kappa shape index (κ2) is 8.22. The predicted molar refractivity (Wildman–Crippen MR) is 101 cm³/mol. The van der Waals surface area contributed by atoms with Crippen LogP contribution in [0.3, 0.4) is 0 Å².